The van der Waals surface area contributed by atoms with Crippen LogP contribution >= 0.6 is 11.3 Å². The second-order valence-corrected chi connectivity index (χ2v) is 6.41. The van der Waals surface area contributed by atoms with Crippen molar-refractivity contribution in [3.05, 3.63) is 70.1 Å². The molecule has 0 fully saturated rings. The Morgan fingerprint density at radius 2 is 2.04 bits per heavy atom. The van der Waals surface area contributed by atoms with Crippen LogP contribution in [0.2, 0.25) is 0 Å². The van der Waals surface area contributed by atoms with E-state index >= 15 is 0 Å². The standard InChI is InChI=1S/C18H14N2O2S/c1-11-9-16(21)22-17-12(5-4-6-13(11)17)10-19-18-20-14-7-2-3-8-15(14)23-18/h2-9H,10H2,1H3,(H,19,20). The van der Waals surface area contributed by atoms with E-state index in [1.807, 2.05) is 43.3 Å². The van der Waals surface area contributed by atoms with Crippen LogP contribution in [0.15, 0.2) is 57.7 Å². The van der Waals surface area contributed by atoms with Gasteiger partial charge >= 0.3 is 5.63 Å². The van der Waals surface area contributed by atoms with Crippen molar-refractivity contribution in [2.24, 2.45) is 0 Å². The number of nitrogens with one attached hydrogen (secondary N) is 1. The number of nitrogens with zero attached hydrogens (tertiary/aromatic N) is 1. The zero-order valence-corrected chi connectivity index (χ0v) is 13.3. The first-order valence-electron chi connectivity index (χ1n) is 7.32. The molecule has 0 aliphatic rings. The molecule has 0 aliphatic carbocycles. The van der Waals surface area contributed by atoms with Gasteiger partial charge in [0.05, 0.1) is 10.2 Å². The summed E-state index contributed by atoms with van der Waals surface area (Å²) >= 11 is 1.61. The van der Waals surface area contributed by atoms with Crippen molar-refractivity contribution >= 4 is 37.7 Å². The molecule has 4 aromatic rings. The Balaban J connectivity index is 1.69. The summed E-state index contributed by atoms with van der Waals surface area (Å²) in [5.41, 5.74) is 3.19. The maximum absolute atomic E-state index is 11.7. The quantitative estimate of drug-likeness (QED) is 0.571. The molecule has 0 saturated carbocycles. The van der Waals surface area contributed by atoms with Crippen LogP contribution in [-0.2, 0) is 6.54 Å². The molecular weight excluding hydrogens is 308 g/mol. The lowest BCUT2D eigenvalue weighted by Gasteiger charge is -2.07. The normalized spacial score (nSPS) is 11.2. The number of para-hydroxylation sites is 2. The predicted molar refractivity (Wildman–Crippen MR) is 94.2 cm³/mol. The second-order valence-electron chi connectivity index (χ2n) is 5.38. The Hall–Kier alpha value is -2.66. The summed E-state index contributed by atoms with van der Waals surface area (Å²) in [6.45, 7) is 2.48. The molecule has 0 amide bonds. The average Bonchev–Trinajstić information content (AvgIpc) is 2.96. The van der Waals surface area contributed by atoms with E-state index in [0.29, 0.717) is 12.1 Å². The molecular formula is C18H14N2O2S. The molecule has 114 valence electrons. The lowest BCUT2D eigenvalue weighted by molar-refractivity contribution is 0.556. The molecule has 0 bridgehead atoms. The zero-order chi connectivity index (χ0) is 15.8. The Kier molecular flexibility index (Phi) is 3.35. The van der Waals surface area contributed by atoms with Crippen LogP contribution in [0.3, 0.4) is 0 Å². The molecule has 1 N–H and O–H groups in total. The van der Waals surface area contributed by atoms with E-state index in [-0.39, 0.29) is 5.63 Å². The molecule has 5 heteroatoms. The monoisotopic (exact) mass is 322 g/mol. The van der Waals surface area contributed by atoms with Crippen LogP contribution in [-0.4, -0.2) is 4.98 Å². The van der Waals surface area contributed by atoms with Crippen LogP contribution in [0.25, 0.3) is 21.2 Å². The maximum Gasteiger partial charge on any atom is 0.336 e. The number of aromatic nitrogens is 1. The van der Waals surface area contributed by atoms with Crippen LogP contribution in [0.1, 0.15) is 11.1 Å². The van der Waals surface area contributed by atoms with Crippen molar-refractivity contribution in [3.63, 3.8) is 0 Å². The molecule has 2 aromatic heterocycles. The minimum absolute atomic E-state index is 0.317. The van der Waals surface area contributed by atoms with E-state index in [1.165, 1.54) is 6.07 Å². The van der Waals surface area contributed by atoms with Gasteiger partial charge in [0, 0.05) is 23.6 Å². The van der Waals surface area contributed by atoms with Gasteiger partial charge in [0.25, 0.3) is 0 Å². The van der Waals surface area contributed by atoms with Crippen LogP contribution in [0.5, 0.6) is 0 Å². The van der Waals surface area contributed by atoms with Gasteiger partial charge in [-0.1, -0.05) is 41.7 Å². The maximum atomic E-state index is 11.7. The third-order valence-electron chi connectivity index (χ3n) is 3.78. The van der Waals surface area contributed by atoms with Crippen molar-refractivity contribution in [1.29, 1.82) is 0 Å². The molecule has 0 saturated heterocycles. The molecule has 0 unspecified atom stereocenters. The number of benzene rings is 2. The van der Waals surface area contributed by atoms with E-state index in [9.17, 15) is 4.79 Å². The minimum Gasteiger partial charge on any atom is -0.422 e. The van der Waals surface area contributed by atoms with Gasteiger partial charge in [-0.05, 0) is 24.6 Å². The van der Waals surface area contributed by atoms with Crippen LogP contribution in [0.4, 0.5) is 5.13 Å². The third-order valence-corrected chi connectivity index (χ3v) is 4.78. The summed E-state index contributed by atoms with van der Waals surface area (Å²) in [6, 6.07) is 15.5. The van der Waals surface area contributed by atoms with Crippen molar-refractivity contribution < 1.29 is 4.42 Å². The van der Waals surface area contributed by atoms with Gasteiger partial charge in [-0.25, -0.2) is 9.78 Å². The molecule has 0 radical (unpaired) electrons. The first-order chi connectivity index (χ1) is 11.2. The SMILES string of the molecule is Cc1cc(=O)oc2c(CNc3nc4ccccc4s3)cccc12. The van der Waals surface area contributed by atoms with Gasteiger partial charge in [0.15, 0.2) is 5.13 Å². The van der Waals surface area contributed by atoms with Crippen molar-refractivity contribution in [2.75, 3.05) is 5.32 Å². The number of hydrogen-bond acceptors (Lipinski definition) is 5. The summed E-state index contributed by atoms with van der Waals surface area (Å²) in [6.07, 6.45) is 0. The fraction of sp³-hybridized carbons (Fsp3) is 0.111. The largest absolute Gasteiger partial charge is 0.422 e. The molecule has 23 heavy (non-hydrogen) atoms. The van der Waals surface area contributed by atoms with Gasteiger partial charge in [-0.2, -0.15) is 0 Å². The number of aryl methyl sites for hydroxylation is 1. The highest BCUT2D eigenvalue weighted by molar-refractivity contribution is 7.22. The summed E-state index contributed by atoms with van der Waals surface area (Å²) in [5, 5.41) is 5.15. The third kappa shape index (κ3) is 2.59. The number of fused-ring (bicyclic) bond motifs is 2. The van der Waals surface area contributed by atoms with Crippen molar-refractivity contribution in [3.8, 4) is 0 Å². The molecule has 0 atom stereocenters. The minimum atomic E-state index is -0.317. The van der Waals surface area contributed by atoms with Crippen LogP contribution < -0.4 is 10.9 Å². The van der Waals surface area contributed by atoms with E-state index in [0.717, 1.165) is 31.9 Å². The Labute approximate surface area is 136 Å². The van der Waals surface area contributed by atoms with Gasteiger partial charge in [-0.15, -0.1) is 0 Å². The fourth-order valence-electron chi connectivity index (χ4n) is 2.66. The highest BCUT2D eigenvalue weighted by Gasteiger charge is 2.08. The highest BCUT2D eigenvalue weighted by Crippen LogP contribution is 2.27. The van der Waals surface area contributed by atoms with Gasteiger partial charge in [0.1, 0.15) is 5.58 Å². The topological polar surface area (TPSA) is 55.1 Å². The van der Waals surface area contributed by atoms with Crippen LogP contribution in [0, 0.1) is 6.92 Å². The number of hydrogen-bond donors (Lipinski definition) is 1. The first kappa shape index (κ1) is 14.0. The smallest absolute Gasteiger partial charge is 0.336 e. The predicted octanol–water partition coefficient (Wildman–Crippen LogP) is 4.32. The Morgan fingerprint density at radius 1 is 1.17 bits per heavy atom. The van der Waals surface area contributed by atoms with E-state index in [2.05, 4.69) is 16.4 Å². The lowest BCUT2D eigenvalue weighted by atomic mass is 10.1. The van der Waals surface area contributed by atoms with Crippen molar-refractivity contribution in [1.82, 2.24) is 4.98 Å². The number of anilines is 1. The van der Waals surface area contributed by atoms with Gasteiger partial charge in [0.2, 0.25) is 0 Å². The number of rotatable bonds is 3. The van der Waals surface area contributed by atoms with Gasteiger partial charge < -0.3 is 9.73 Å². The molecule has 2 heterocycles. The highest BCUT2D eigenvalue weighted by atomic mass is 32.1. The molecule has 0 spiro atoms. The molecule has 2 aromatic carbocycles. The Morgan fingerprint density at radius 3 is 2.91 bits per heavy atom. The first-order valence-corrected chi connectivity index (χ1v) is 8.14. The van der Waals surface area contributed by atoms with E-state index in [1.54, 1.807) is 11.3 Å². The van der Waals surface area contributed by atoms with E-state index < -0.39 is 0 Å². The summed E-state index contributed by atoms with van der Waals surface area (Å²) in [7, 11) is 0. The van der Waals surface area contributed by atoms with E-state index in [4.69, 9.17) is 4.42 Å². The molecule has 0 aliphatic heterocycles. The summed E-state index contributed by atoms with van der Waals surface area (Å²) in [4.78, 5) is 16.2. The lowest BCUT2D eigenvalue weighted by Crippen LogP contribution is -2.03. The number of thiazole rings is 1. The summed E-state index contributed by atoms with van der Waals surface area (Å²) in [5.74, 6) is 0. The van der Waals surface area contributed by atoms with Gasteiger partial charge in [-0.3, -0.25) is 0 Å². The molecule has 4 nitrogen and oxygen atoms in total. The second kappa shape index (κ2) is 5.52. The zero-order valence-electron chi connectivity index (χ0n) is 12.5. The average molecular weight is 322 g/mol. The fourth-order valence-corrected chi connectivity index (χ4v) is 3.52. The molecule has 4 rings (SSSR count). The summed E-state index contributed by atoms with van der Waals surface area (Å²) < 4.78 is 6.56. The Bertz CT molecular complexity index is 1030. The van der Waals surface area contributed by atoms with Crippen molar-refractivity contribution in [2.45, 2.75) is 13.5 Å².